The summed E-state index contributed by atoms with van der Waals surface area (Å²) < 4.78 is 44.7. The molecule has 3 rings (SSSR count). The fraction of sp³-hybridized carbons (Fsp3) is 0.227. The molecule has 29 heavy (non-hydrogen) atoms. The number of nitrogens with zero attached hydrogens (tertiary/aromatic N) is 1. The molecule has 0 amide bonds. The van der Waals surface area contributed by atoms with E-state index in [2.05, 4.69) is 29.3 Å². The average molecular weight is 415 g/mol. The quantitative estimate of drug-likeness (QED) is 0.559. The summed E-state index contributed by atoms with van der Waals surface area (Å²) in [5.74, 6) is -0.00183. The van der Waals surface area contributed by atoms with Gasteiger partial charge in [0.05, 0.1) is 6.54 Å². The summed E-state index contributed by atoms with van der Waals surface area (Å²) in [7, 11) is -3.56. The number of aryl methyl sites for hydroxylation is 1. The van der Waals surface area contributed by atoms with E-state index in [1.165, 1.54) is 12.1 Å². The zero-order valence-corrected chi connectivity index (χ0v) is 17.2. The largest absolute Gasteiger partial charge is 0.439 e. The highest BCUT2D eigenvalue weighted by atomic mass is 32.2. The third-order valence-corrected chi connectivity index (χ3v) is 5.49. The van der Waals surface area contributed by atoms with E-state index in [9.17, 15) is 12.8 Å². The van der Waals surface area contributed by atoms with Crippen molar-refractivity contribution in [1.29, 1.82) is 0 Å². The molecule has 0 radical (unpaired) electrons. The Morgan fingerprint density at radius 1 is 1.28 bits per heavy atom. The Kier molecular flexibility index (Phi) is 6.30. The predicted octanol–water partition coefficient (Wildman–Crippen LogP) is 5.07. The van der Waals surface area contributed by atoms with Crippen LogP contribution in [0.15, 0.2) is 58.9 Å². The molecule has 0 aliphatic heterocycles. The van der Waals surface area contributed by atoms with Gasteiger partial charge in [-0.3, -0.25) is 0 Å². The van der Waals surface area contributed by atoms with Crippen molar-refractivity contribution in [2.24, 2.45) is 0 Å². The highest BCUT2D eigenvalue weighted by Crippen LogP contribution is 2.30. The van der Waals surface area contributed by atoms with Gasteiger partial charge >= 0.3 is 0 Å². The first-order chi connectivity index (χ1) is 13.8. The Labute approximate surface area is 170 Å². The molecule has 0 saturated carbocycles. The Bertz CT molecular complexity index is 1180. The van der Waals surface area contributed by atoms with Gasteiger partial charge in [-0.25, -0.2) is 22.5 Å². The van der Waals surface area contributed by atoms with Gasteiger partial charge in [-0.2, -0.15) is 0 Å². The third kappa shape index (κ3) is 4.99. The van der Waals surface area contributed by atoms with Crippen molar-refractivity contribution in [2.75, 3.05) is 0 Å². The molecule has 0 aliphatic rings. The van der Waals surface area contributed by atoms with Crippen LogP contribution in [0.25, 0.3) is 16.7 Å². The van der Waals surface area contributed by atoms with E-state index in [-0.39, 0.29) is 18.3 Å². The minimum atomic E-state index is -3.56. The van der Waals surface area contributed by atoms with Crippen LogP contribution in [0, 0.1) is 12.7 Å². The molecular weight excluding hydrogens is 391 g/mol. The van der Waals surface area contributed by atoms with E-state index in [1.807, 2.05) is 25.1 Å². The molecule has 7 heteroatoms. The van der Waals surface area contributed by atoms with Gasteiger partial charge in [-0.05, 0) is 59.9 Å². The second-order valence-electron chi connectivity index (χ2n) is 6.69. The minimum Gasteiger partial charge on any atom is -0.439 e. The zero-order chi connectivity index (χ0) is 21.0. The highest BCUT2D eigenvalue weighted by Gasteiger charge is 2.13. The standard InChI is InChI=1S/C22H23FN2O3S/c1-4-6-7-19(18-10-9-17(23)12-15(18)3)16-8-11-20-21(13-16)28-22(25-20)14-24-29(26,27)5-2/h5,7-13,24H,2,4,6,14H2,1,3H3/b19-7-. The maximum Gasteiger partial charge on any atom is 0.233 e. The van der Waals surface area contributed by atoms with Gasteiger partial charge in [0.2, 0.25) is 15.9 Å². The number of halogens is 1. The number of sulfonamides is 1. The van der Waals surface area contributed by atoms with Crippen molar-refractivity contribution in [3.8, 4) is 0 Å². The first-order valence-corrected chi connectivity index (χ1v) is 10.9. The van der Waals surface area contributed by atoms with E-state index < -0.39 is 10.0 Å². The average Bonchev–Trinajstić information content (AvgIpc) is 3.10. The second kappa shape index (κ2) is 8.71. The molecule has 0 unspecified atom stereocenters. The van der Waals surface area contributed by atoms with Crippen LogP contribution in [0.2, 0.25) is 0 Å². The van der Waals surface area contributed by atoms with E-state index >= 15 is 0 Å². The van der Waals surface area contributed by atoms with E-state index in [0.29, 0.717) is 11.1 Å². The molecule has 0 fully saturated rings. The van der Waals surface area contributed by atoms with Crippen LogP contribution in [0.1, 0.15) is 42.3 Å². The molecule has 5 nitrogen and oxygen atoms in total. The van der Waals surface area contributed by atoms with Crippen molar-refractivity contribution in [1.82, 2.24) is 9.71 Å². The lowest BCUT2D eigenvalue weighted by atomic mass is 9.93. The van der Waals surface area contributed by atoms with Crippen LogP contribution in [-0.2, 0) is 16.6 Å². The third-order valence-electron chi connectivity index (χ3n) is 4.50. The molecule has 152 valence electrons. The molecule has 1 aromatic heterocycles. The summed E-state index contributed by atoms with van der Waals surface area (Å²) in [6.45, 7) is 7.17. The van der Waals surface area contributed by atoms with Crippen LogP contribution in [0.5, 0.6) is 0 Å². The summed E-state index contributed by atoms with van der Waals surface area (Å²) in [5, 5.41) is 0.837. The fourth-order valence-corrected chi connectivity index (χ4v) is 3.48. The molecule has 0 atom stereocenters. The smallest absolute Gasteiger partial charge is 0.233 e. The molecular formula is C22H23FN2O3S. The Morgan fingerprint density at radius 3 is 2.76 bits per heavy atom. The summed E-state index contributed by atoms with van der Waals surface area (Å²) in [4.78, 5) is 4.32. The van der Waals surface area contributed by atoms with Gasteiger partial charge in [-0.15, -0.1) is 0 Å². The van der Waals surface area contributed by atoms with E-state index in [0.717, 1.165) is 40.5 Å². The first-order valence-electron chi connectivity index (χ1n) is 9.31. The number of hydrogen-bond acceptors (Lipinski definition) is 4. The number of oxazole rings is 1. The van der Waals surface area contributed by atoms with Gasteiger partial charge in [0, 0.05) is 5.41 Å². The number of benzene rings is 2. The van der Waals surface area contributed by atoms with Gasteiger partial charge in [0.25, 0.3) is 0 Å². The first kappa shape index (κ1) is 21.0. The summed E-state index contributed by atoms with van der Waals surface area (Å²) in [6.07, 6.45) is 4.01. The zero-order valence-electron chi connectivity index (χ0n) is 16.4. The SMILES string of the molecule is C=CS(=O)(=O)NCc1nc2ccc(/C(=C/CCC)c3ccc(F)cc3C)cc2o1. The van der Waals surface area contributed by atoms with Crippen LogP contribution < -0.4 is 4.72 Å². The topological polar surface area (TPSA) is 72.2 Å². The van der Waals surface area contributed by atoms with Crippen molar-refractivity contribution in [3.63, 3.8) is 0 Å². The fourth-order valence-electron chi connectivity index (χ4n) is 3.04. The number of hydrogen-bond donors (Lipinski definition) is 1. The molecule has 0 spiro atoms. The van der Waals surface area contributed by atoms with E-state index in [1.54, 1.807) is 6.07 Å². The van der Waals surface area contributed by atoms with Gasteiger partial charge in [-0.1, -0.05) is 38.1 Å². The normalized spacial score (nSPS) is 12.4. The van der Waals surface area contributed by atoms with E-state index in [4.69, 9.17) is 4.42 Å². The summed E-state index contributed by atoms with van der Waals surface area (Å²) >= 11 is 0. The Balaban J connectivity index is 1.98. The van der Waals surface area contributed by atoms with Crippen molar-refractivity contribution in [2.45, 2.75) is 33.2 Å². The minimum absolute atomic E-state index is 0.0615. The van der Waals surface area contributed by atoms with Crippen molar-refractivity contribution < 1.29 is 17.2 Å². The van der Waals surface area contributed by atoms with Crippen molar-refractivity contribution >= 4 is 26.7 Å². The molecule has 1 heterocycles. The maximum absolute atomic E-state index is 13.6. The van der Waals surface area contributed by atoms with Gasteiger partial charge in [0.1, 0.15) is 11.3 Å². The second-order valence-corrected chi connectivity index (χ2v) is 8.40. The number of allylic oxidation sites excluding steroid dienone is 1. The summed E-state index contributed by atoms with van der Waals surface area (Å²) in [6, 6.07) is 10.4. The molecule has 1 N–H and O–H groups in total. The lowest BCUT2D eigenvalue weighted by Crippen LogP contribution is -2.20. The summed E-state index contributed by atoms with van der Waals surface area (Å²) in [5.41, 5.74) is 4.92. The monoisotopic (exact) mass is 414 g/mol. The van der Waals surface area contributed by atoms with Crippen LogP contribution in [-0.4, -0.2) is 13.4 Å². The number of rotatable bonds is 8. The van der Waals surface area contributed by atoms with Gasteiger partial charge in [0.15, 0.2) is 5.58 Å². The molecule has 3 aromatic rings. The predicted molar refractivity (Wildman–Crippen MR) is 113 cm³/mol. The lowest BCUT2D eigenvalue weighted by molar-refractivity contribution is 0.515. The lowest BCUT2D eigenvalue weighted by Gasteiger charge is -2.12. The number of nitrogens with one attached hydrogen (secondary N) is 1. The molecule has 0 bridgehead atoms. The number of unbranched alkanes of at least 4 members (excludes halogenated alkanes) is 1. The number of aromatic nitrogens is 1. The van der Waals surface area contributed by atoms with Crippen LogP contribution in [0.4, 0.5) is 4.39 Å². The van der Waals surface area contributed by atoms with Crippen LogP contribution >= 0.6 is 0 Å². The number of fused-ring (bicyclic) bond motifs is 1. The maximum atomic E-state index is 13.6. The molecule has 0 saturated heterocycles. The highest BCUT2D eigenvalue weighted by molar-refractivity contribution is 7.92. The Hall–Kier alpha value is -2.77. The molecule has 0 aliphatic carbocycles. The molecule has 2 aromatic carbocycles. The van der Waals surface area contributed by atoms with Gasteiger partial charge < -0.3 is 4.42 Å². The Morgan fingerprint density at radius 2 is 2.07 bits per heavy atom. The van der Waals surface area contributed by atoms with Crippen molar-refractivity contribution in [3.05, 3.63) is 82.9 Å². The van der Waals surface area contributed by atoms with Crippen LogP contribution in [0.3, 0.4) is 0 Å².